The fourth-order valence-electron chi connectivity index (χ4n) is 2.63. The number of allylic oxidation sites excluding steroid dienone is 4. The quantitative estimate of drug-likeness (QED) is 0.266. The summed E-state index contributed by atoms with van der Waals surface area (Å²) in [5, 5.41) is 0. The molecule has 0 aliphatic heterocycles. The van der Waals surface area contributed by atoms with Crippen LogP contribution in [-0.4, -0.2) is 24.4 Å². The van der Waals surface area contributed by atoms with Gasteiger partial charge in [0.1, 0.15) is 35.2 Å². The molecule has 0 N–H and O–H groups in total. The van der Waals surface area contributed by atoms with Gasteiger partial charge in [-0.3, -0.25) is 0 Å². The van der Waals surface area contributed by atoms with Crippen molar-refractivity contribution in [2.24, 2.45) is 11.8 Å². The monoisotopic (exact) mass is 400 g/mol. The summed E-state index contributed by atoms with van der Waals surface area (Å²) in [6.45, 7) is 25.2. The summed E-state index contributed by atoms with van der Waals surface area (Å²) in [6, 6.07) is 0. The van der Waals surface area contributed by atoms with Gasteiger partial charge in [-0.15, -0.1) is 0 Å². The summed E-state index contributed by atoms with van der Waals surface area (Å²) >= 11 is 0. The van der Waals surface area contributed by atoms with Gasteiger partial charge in [0.05, 0.1) is 0 Å². The second kappa shape index (κ2) is 11.1. The van der Waals surface area contributed by atoms with Crippen LogP contribution in [0.15, 0.2) is 49.4 Å². The molecular weight excluding hydrogens is 368 g/mol. The van der Waals surface area contributed by atoms with Gasteiger partial charge in [-0.05, 0) is 39.5 Å². The van der Waals surface area contributed by atoms with Crippen molar-refractivity contribution >= 4 is 0 Å². The van der Waals surface area contributed by atoms with Gasteiger partial charge < -0.3 is 19.6 Å². The minimum absolute atomic E-state index is 0.110. The fourth-order valence-corrected chi connectivity index (χ4v) is 2.63. The molecule has 1 saturated carbocycles. The van der Waals surface area contributed by atoms with E-state index in [1.807, 2.05) is 13.8 Å². The van der Waals surface area contributed by atoms with E-state index in [1.54, 1.807) is 27.7 Å². The minimum atomic E-state index is -0.819. The number of rotatable bonds is 12. The molecule has 0 radical (unpaired) electrons. The molecule has 1 aliphatic rings. The lowest BCUT2D eigenvalue weighted by molar-refractivity contribution is -0.454. The Hall–Kier alpha value is -2.00. The van der Waals surface area contributed by atoms with Gasteiger partial charge in [0.25, 0.3) is 0 Å². The van der Waals surface area contributed by atoms with Crippen LogP contribution in [0.2, 0.25) is 0 Å². The minimum Gasteiger partial charge on any atom is -0.343 e. The number of hydrogen-bond acceptors (Lipinski definition) is 8. The van der Waals surface area contributed by atoms with Gasteiger partial charge >= 0.3 is 0 Å². The van der Waals surface area contributed by atoms with Crippen molar-refractivity contribution in [1.29, 1.82) is 0 Å². The zero-order valence-electron chi connectivity index (χ0n) is 17.6. The van der Waals surface area contributed by atoms with E-state index in [9.17, 15) is 0 Å². The first-order chi connectivity index (χ1) is 13.0. The molecular formula is C20H32O8. The van der Waals surface area contributed by atoms with Crippen LogP contribution in [0.3, 0.4) is 0 Å². The van der Waals surface area contributed by atoms with E-state index in [0.717, 1.165) is 0 Å². The average Bonchev–Trinajstić information content (AvgIpc) is 2.58. The Morgan fingerprint density at radius 3 is 0.893 bits per heavy atom. The summed E-state index contributed by atoms with van der Waals surface area (Å²) in [5.74, 6) is 1.25. The van der Waals surface area contributed by atoms with Crippen LogP contribution in [0.1, 0.15) is 41.5 Å². The van der Waals surface area contributed by atoms with Gasteiger partial charge in [0.2, 0.25) is 0 Å². The molecule has 28 heavy (non-hydrogen) atoms. The van der Waals surface area contributed by atoms with Crippen LogP contribution >= 0.6 is 0 Å². The first-order valence-electron chi connectivity index (χ1n) is 8.99. The Kier molecular flexibility index (Phi) is 9.54. The Morgan fingerprint density at radius 2 is 0.679 bits per heavy atom. The molecule has 0 aromatic carbocycles. The van der Waals surface area contributed by atoms with Crippen LogP contribution < -0.4 is 0 Å². The zero-order chi connectivity index (χ0) is 21.4. The molecule has 8 heteroatoms. The average molecular weight is 400 g/mol. The Balaban J connectivity index is 3.18. The van der Waals surface area contributed by atoms with Crippen LogP contribution in [0, 0.1) is 11.8 Å². The van der Waals surface area contributed by atoms with E-state index in [0.29, 0.717) is 23.0 Å². The maximum atomic E-state index is 5.58. The highest BCUT2D eigenvalue weighted by molar-refractivity contribution is 4.98. The Bertz CT molecular complexity index is 523. The van der Waals surface area contributed by atoms with E-state index in [-0.39, 0.29) is 11.8 Å². The lowest BCUT2D eigenvalue weighted by Gasteiger charge is -2.44. The maximum absolute atomic E-state index is 5.58. The second-order valence-electron chi connectivity index (χ2n) is 7.10. The van der Waals surface area contributed by atoms with E-state index in [4.69, 9.17) is 39.1 Å². The van der Waals surface area contributed by atoms with E-state index < -0.39 is 24.4 Å². The highest BCUT2D eigenvalue weighted by Crippen LogP contribution is 2.38. The molecule has 0 aromatic heterocycles. The van der Waals surface area contributed by atoms with Crippen LogP contribution in [0.25, 0.3) is 0 Å². The Morgan fingerprint density at radius 1 is 0.464 bits per heavy atom. The van der Waals surface area contributed by atoms with Crippen molar-refractivity contribution in [2.45, 2.75) is 66.0 Å². The normalized spacial score (nSPS) is 29.5. The smallest absolute Gasteiger partial charge is 0.168 e. The van der Waals surface area contributed by atoms with Gasteiger partial charge in [0.15, 0.2) is 12.2 Å². The molecule has 6 atom stereocenters. The lowest BCUT2D eigenvalue weighted by atomic mass is 9.74. The van der Waals surface area contributed by atoms with E-state index in [1.165, 1.54) is 0 Å². The summed E-state index contributed by atoms with van der Waals surface area (Å²) in [6.07, 6.45) is -2.84. The summed E-state index contributed by atoms with van der Waals surface area (Å²) in [7, 11) is 0. The van der Waals surface area contributed by atoms with Gasteiger partial charge in [0, 0.05) is 0 Å². The van der Waals surface area contributed by atoms with Gasteiger partial charge in [-0.1, -0.05) is 40.2 Å². The standard InChI is InChI=1S/C20H32O8/c1-11(2)21-25-17-15(9)16(10)18(26-22-12(3)4)20(28-24-14(7)8)19(17)27-23-13(5)6/h15-20H,1,3,5,7H2,2,4,6,8-10H3. The SMILES string of the molecule is C=C(C)OOC1C(C)C(C)C(OOC(=C)C)C(OOC(=C)C)C1OOC(=C)C. The van der Waals surface area contributed by atoms with Crippen molar-refractivity contribution in [2.75, 3.05) is 0 Å². The summed E-state index contributed by atoms with van der Waals surface area (Å²) in [4.78, 5) is 43.0. The molecule has 0 heterocycles. The van der Waals surface area contributed by atoms with Crippen molar-refractivity contribution in [1.82, 2.24) is 0 Å². The predicted octanol–water partition coefficient (Wildman–Crippen LogP) is 4.67. The van der Waals surface area contributed by atoms with Gasteiger partial charge in [-0.2, -0.15) is 19.6 Å². The third-order valence-electron chi connectivity index (χ3n) is 4.04. The third kappa shape index (κ3) is 7.20. The van der Waals surface area contributed by atoms with E-state index in [2.05, 4.69) is 26.3 Å². The van der Waals surface area contributed by atoms with Crippen molar-refractivity contribution in [3.63, 3.8) is 0 Å². The first-order valence-corrected chi connectivity index (χ1v) is 8.99. The molecule has 1 fully saturated rings. The zero-order valence-corrected chi connectivity index (χ0v) is 17.6. The van der Waals surface area contributed by atoms with Crippen molar-refractivity contribution in [3.8, 4) is 0 Å². The van der Waals surface area contributed by atoms with Crippen LogP contribution in [0.5, 0.6) is 0 Å². The molecule has 0 amide bonds. The second-order valence-corrected chi connectivity index (χ2v) is 7.10. The van der Waals surface area contributed by atoms with Crippen molar-refractivity contribution in [3.05, 3.63) is 49.4 Å². The van der Waals surface area contributed by atoms with Crippen LogP contribution in [-0.2, 0) is 39.1 Å². The summed E-state index contributed by atoms with van der Waals surface area (Å²) < 4.78 is 0. The fraction of sp³-hybridized carbons (Fsp3) is 0.600. The summed E-state index contributed by atoms with van der Waals surface area (Å²) in [5.41, 5.74) is 0. The van der Waals surface area contributed by atoms with E-state index >= 15 is 0 Å². The molecule has 6 unspecified atom stereocenters. The van der Waals surface area contributed by atoms with Crippen molar-refractivity contribution < 1.29 is 39.1 Å². The number of hydrogen-bond donors (Lipinski definition) is 0. The first kappa shape index (κ1) is 24.0. The molecule has 0 saturated heterocycles. The molecule has 0 spiro atoms. The highest BCUT2D eigenvalue weighted by Gasteiger charge is 2.54. The molecule has 160 valence electrons. The lowest BCUT2D eigenvalue weighted by Crippen LogP contribution is -2.60. The third-order valence-corrected chi connectivity index (χ3v) is 4.04. The predicted molar refractivity (Wildman–Crippen MR) is 101 cm³/mol. The molecule has 1 rings (SSSR count). The molecule has 8 nitrogen and oxygen atoms in total. The van der Waals surface area contributed by atoms with Crippen LogP contribution in [0.4, 0.5) is 0 Å². The largest absolute Gasteiger partial charge is 0.343 e. The highest BCUT2D eigenvalue weighted by atomic mass is 17.3. The Labute approximate surface area is 167 Å². The molecule has 1 aliphatic carbocycles. The molecule has 0 bridgehead atoms. The van der Waals surface area contributed by atoms with Gasteiger partial charge in [-0.25, -0.2) is 0 Å². The molecule has 0 aromatic rings. The maximum Gasteiger partial charge on any atom is 0.168 e. The topological polar surface area (TPSA) is 73.8 Å².